The Bertz CT molecular complexity index is 477. The van der Waals surface area contributed by atoms with Gasteiger partial charge in [0.1, 0.15) is 0 Å². The van der Waals surface area contributed by atoms with Crippen LogP contribution < -0.4 is 5.32 Å². The Morgan fingerprint density at radius 3 is 3.06 bits per heavy atom. The fourth-order valence-corrected chi connectivity index (χ4v) is 4.82. The Hall–Kier alpha value is -0.640. The lowest BCUT2D eigenvalue weighted by atomic mass is 10.1. The lowest BCUT2D eigenvalue weighted by molar-refractivity contribution is 0.560. The lowest BCUT2D eigenvalue weighted by Gasteiger charge is -2.14. The third-order valence-corrected chi connectivity index (χ3v) is 6.00. The summed E-state index contributed by atoms with van der Waals surface area (Å²) in [4.78, 5) is 4.68. The summed E-state index contributed by atoms with van der Waals surface area (Å²) in [6.45, 7) is 0. The molecule has 3 rings (SSSR count). The smallest absolute Gasteiger partial charge is 0.0416 e. The molecule has 0 radical (unpaired) electrons. The van der Waals surface area contributed by atoms with Gasteiger partial charge in [0, 0.05) is 20.7 Å². The predicted octanol–water partition coefficient (Wildman–Crippen LogP) is 4.19. The first-order chi connectivity index (χ1) is 8.86. The van der Waals surface area contributed by atoms with Crippen molar-refractivity contribution in [3.8, 4) is 0 Å². The summed E-state index contributed by atoms with van der Waals surface area (Å²) in [5, 5.41) is 5.65. The maximum atomic E-state index is 3.48. The molecule has 2 aromatic heterocycles. The van der Waals surface area contributed by atoms with Crippen LogP contribution in [-0.4, -0.2) is 7.05 Å². The number of thiophene rings is 2. The van der Waals surface area contributed by atoms with E-state index in [1.807, 2.05) is 22.7 Å². The summed E-state index contributed by atoms with van der Waals surface area (Å²) in [5.74, 6) is 0. The predicted molar refractivity (Wildman–Crippen MR) is 80.8 cm³/mol. The van der Waals surface area contributed by atoms with Gasteiger partial charge in [0.05, 0.1) is 0 Å². The average Bonchev–Trinajstić information content (AvgIpc) is 3.04. The average molecular weight is 277 g/mol. The molecular weight excluding hydrogens is 258 g/mol. The van der Waals surface area contributed by atoms with Crippen molar-refractivity contribution in [2.45, 2.75) is 38.1 Å². The molecule has 0 aromatic carbocycles. The molecule has 1 nitrogen and oxygen atoms in total. The quantitative estimate of drug-likeness (QED) is 0.864. The van der Waals surface area contributed by atoms with E-state index >= 15 is 0 Å². The van der Waals surface area contributed by atoms with Crippen molar-refractivity contribution < 1.29 is 0 Å². The van der Waals surface area contributed by atoms with Crippen molar-refractivity contribution in [3.05, 3.63) is 43.8 Å². The molecule has 96 valence electrons. The Labute approximate surface area is 117 Å². The minimum atomic E-state index is 0.530. The van der Waals surface area contributed by atoms with Crippen LogP contribution in [0.25, 0.3) is 0 Å². The third-order valence-electron chi connectivity index (χ3n) is 3.72. The van der Waals surface area contributed by atoms with Gasteiger partial charge in [-0.25, -0.2) is 0 Å². The van der Waals surface area contributed by atoms with Gasteiger partial charge < -0.3 is 5.32 Å². The molecule has 1 unspecified atom stereocenters. The topological polar surface area (TPSA) is 12.0 Å². The van der Waals surface area contributed by atoms with Crippen molar-refractivity contribution in [1.82, 2.24) is 5.32 Å². The van der Waals surface area contributed by atoms with E-state index in [0.29, 0.717) is 6.04 Å². The maximum absolute atomic E-state index is 3.48. The number of nitrogens with one attached hydrogen (secondary N) is 1. The third kappa shape index (κ3) is 2.53. The molecular formula is C15H19NS2. The molecule has 0 aliphatic heterocycles. The summed E-state index contributed by atoms with van der Waals surface area (Å²) in [7, 11) is 2.09. The molecule has 1 N–H and O–H groups in total. The highest BCUT2D eigenvalue weighted by Gasteiger charge is 2.19. The first-order valence-electron chi connectivity index (χ1n) is 6.68. The number of hydrogen-bond donors (Lipinski definition) is 1. The number of rotatable bonds is 5. The van der Waals surface area contributed by atoms with Crippen LogP contribution in [0.1, 0.15) is 39.1 Å². The van der Waals surface area contributed by atoms with Crippen molar-refractivity contribution in [1.29, 1.82) is 0 Å². The van der Waals surface area contributed by atoms with Gasteiger partial charge in [-0.1, -0.05) is 6.07 Å². The molecule has 3 heteroatoms. The molecule has 18 heavy (non-hydrogen) atoms. The molecule has 2 aromatic rings. The fourth-order valence-electron chi connectivity index (χ4n) is 2.69. The van der Waals surface area contributed by atoms with E-state index in [1.54, 1.807) is 15.3 Å². The molecule has 0 amide bonds. The van der Waals surface area contributed by atoms with E-state index in [9.17, 15) is 0 Å². The zero-order chi connectivity index (χ0) is 12.4. The van der Waals surface area contributed by atoms with E-state index < -0.39 is 0 Å². The van der Waals surface area contributed by atoms with Crippen LogP contribution in [0, 0.1) is 0 Å². The Balaban J connectivity index is 1.67. The number of fused-ring (bicyclic) bond motifs is 1. The number of hydrogen-bond acceptors (Lipinski definition) is 3. The summed E-state index contributed by atoms with van der Waals surface area (Å²) in [6.07, 6.45) is 6.36. The Morgan fingerprint density at radius 1 is 1.39 bits per heavy atom. The van der Waals surface area contributed by atoms with Gasteiger partial charge in [-0.3, -0.25) is 0 Å². The molecule has 0 saturated carbocycles. The highest BCUT2D eigenvalue weighted by atomic mass is 32.1. The highest BCUT2D eigenvalue weighted by Crippen LogP contribution is 2.35. The van der Waals surface area contributed by atoms with Crippen molar-refractivity contribution in [2.24, 2.45) is 0 Å². The van der Waals surface area contributed by atoms with Crippen LogP contribution in [0.4, 0.5) is 0 Å². The van der Waals surface area contributed by atoms with Gasteiger partial charge in [0.25, 0.3) is 0 Å². The van der Waals surface area contributed by atoms with E-state index in [-0.39, 0.29) is 0 Å². The molecule has 1 aliphatic carbocycles. The van der Waals surface area contributed by atoms with Gasteiger partial charge in [-0.2, -0.15) is 0 Å². The summed E-state index contributed by atoms with van der Waals surface area (Å²) in [5.41, 5.74) is 1.62. The fraction of sp³-hybridized carbons (Fsp3) is 0.467. The maximum Gasteiger partial charge on any atom is 0.0416 e. The zero-order valence-corrected chi connectivity index (χ0v) is 12.4. The van der Waals surface area contributed by atoms with Gasteiger partial charge >= 0.3 is 0 Å². The molecule has 2 heterocycles. The molecule has 1 atom stereocenters. The van der Waals surface area contributed by atoms with Gasteiger partial charge in [-0.05, 0) is 62.2 Å². The normalized spacial score (nSPS) is 15.8. The van der Waals surface area contributed by atoms with Crippen LogP contribution in [0.2, 0.25) is 0 Å². The van der Waals surface area contributed by atoms with E-state index in [4.69, 9.17) is 0 Å². The van der Waals surface area contributed by atoms with Crippen LogP contribution in [0.3, 0.4) is 0 Å². The molecule has 0 spiro atoms. The van der Waals surface area contributed by atoms with Crippen molar-refractivity contribution in [2.75, 3.05) is 7.05 Å². The van der Waals surface area contributed by atoms with Crippen molar-refractivity contribution >= 4 is 22.7 Å². The minimum Gasteiger partial charge on any atom is -0.312 e. The van der Waals surface area contributed by atoms with Crippen LogP contribution in [-0.2, 0) is 19.3 Å². The van der Waals surface area contributed by atoms with Gasteiger partial charge in [0.15, 0.2) is 0 Å². The minimum absolute atomic E-state index is 0.530. The molecule has 0 saturated heterocycles. The van der Waals surface area contributed by atoms with E-state index in [2.05, 4.69) is 35.9 Å². The first-order valence-corrected chi connectivity index (χ1v) is 8.37. The Morgan fingerprint density at radius 2 is 2.33 bits per heavy atom. The first kappa shape index (κ1) is 12.4. The monoisotopic (exact) mass is 277 g/mol. The molecule has 0 bridgehead atoms. The van der Waals surface area contributed by atoms with Crippen LogP contribution >= 0.6 is 22.7 Å². The van der Waals surface area contributed by atoms with Gasteiger partial charge in [-0.15, -0.1) is 22.7 Å². The second-order valence-corrected chi connectivity index (χ2v) is 7.11. The summed E-state index contributed by atoms with van der Waals surface area (Å²) < 4.78 is 0. The van der Waals surface area contributed by atoms with Crippen molar-refractivity contribution in [3.63, 3.8) is 0 Å². The van der Waals surface area contributed by atoms with E-state index in [1.165, 1.54) is 37.0 Å². The van der Waals surface area contributed by atoms with Crippen LogP contribution in [0.15, 0.2) is 23.6 Å². The number of aryl methyl sites for hydroxylation is 3. The SMILES string of the molecule is CNC(CCc1cccs1)c1cc2c(s1)CCC2. The zero-order valence-electron chi connectivity index (χ0n) is 10.7. The summed E-state index contributed by atoms with van der Waals surface area (Å²) in [6, 6.07) is 7.37. The second-order valence-electron chi connectivity index (χ2n) is 4.91. The highest BCUT2D eigenvalue weighted by molar-refractivity contribution is 7.12. The standard InChI is InChI=1S/C15H19NS2/c1-16-13(8-7-12-5-3-9-17-12)15-10-11-4-2-6-14(11)18-15/h3,5,9-10,13,16H,2,4,6-8H2,1H3. The van der Waals surface area contributed by atoms with Crippen LogP contribution in [0.5, 0.6) is 0 Å². The Kier molecular flexibility index (Phi) is 3.83. The van der Waals surface area contributed by atoms with E-state index in [0.717, 1.165) is 0 Å². The summed E-state index contributed by atoms with van der Waals surface area (Å²) >= 11 is 3.90. The molecule has 1 aliphatic rings. The van der Waals surface area contributed by atoms with Gasteiger partial charge in [0.2, 0.25) is 0 Å². The molecule has 0 fully saturated rings. The largest absolute Gasteiger partial charge is 0.312 e. The second kappa shape index (κ2) is 5.55. The lowest BCUT2D eigenvalue weighted by Crippen LogP contribution is -2.15.